The van der Waals surface area contributed by atoms with Crippen LogP contribution in [0.25, 0.3) is 28.0 Å². The molecule has 0 spiro atoms. The number of methoxy groups -OCH3 is 2. The molecule has 9 nitrogen and oxygen atoms in total. The number of thiazole rings is 1. The maximum Gasteiger partial charge on any atom is 0.296 e. The number of fused-ring (bicyclic) bond motifs is 1. The third kappa shape index (κ3) is 4.76. The molecule has 6 rings (SSSR count). The van der Waals surface area contributed by atoms with E-state index in [2.05, 4.69) is 10.1 Å². The van der Waals surface area contributed by atoms with E-state index in [-0.39, 0.29) is 22.6 Å². The second-order valence-electron chi connectivity index (χ2n) is 8.92. The van der Waals surface area contributed by atoms with E-state index < -0.39 is 5.56 Å². The minimum atomic E-state index is -0.445. The van der Waals surface area contributed by atoms with Crippen LogP contribution in [0.5, 0.6) is 11.5 Å². The number of aromatic nitrogens is 5. The smallest absolute Gasteiger partial charge is 0.296 e. The van der Waals surface area contributed by atoms with Crippen LogP contribution in [0.3, 0.4) is 0 Å². The van der Waals surface area contributed by atoms with Crippen LogP contribution in [0.4, 0.5) is 0 Å². The van der Waals surface area contributed by atoms with Gasteiger partial charge in [-0.15, -0.1) is 0 Å². The Morgan fingerprint density at radius 3 is 2.33 bits per heavy atom. The summed E-state index contributed by atoms with van der Waals surface area (Å²) >= 11 is 1.11. The lowest BCUT2D eigenvalue weighted by Gasteiger charge is -2.09. The SMILES string of the molecule is COc1ccc(-c2nn(-c3ccccc3)cc2C=c2sc3nc(=O)c(Cc4ccccc4)nn3c2=O)cc1OC. The average molecular weight is 550 g/mol. The largest absolute Gasteiger partial charge is 0.493 e. The van der Waals surface area contributed by atoms with Gasteiger partial charge in [0.15, 0.2) is 11.5 Å². The van der Waals surface area contributed by atoms with E-state index in [1.807, 2.05) is 85.1 Å². The number of para-hydroxylation sites is 1. The Bertz CT molecular complexity index is 2000. The maximum atomic E-state index is 13.4. The zero-order chi connectivity index (χ0) is 27.6. The Hall–Kier alpha value is -5.09. The lowest BCUT2D eigenvalue weighted by atomic mass is 10.1. The first-order valence-corrected chi connectivity index (χ1v) is 13.2. The molecule has 0 saturated carbocycles. The van der Waals surface area contributed by atoms with Gasteiger partial charge in [-0.25, -0.2) is 4.68 Å². The van der Waals surface area contributed by atoms with Crippen LogP contribution in [0.1, 0.15) is 16.8 Å². The summed E-state index contributed by atoms with van der Waals surface area (Å²) in [5, 5.41) is 9.22. The van der Waals surface area contributed by atoms with Crippen molar-refractivity contribution in [3.8, 4) is 28.4 Å². The summed E-state index contributed by atoms with van der Waals surface area (Å²) in [6.45, 7) is 0. The molecule has 0 aliphatic carbocycles. The van der Waals surface area contributed by atoms with Crippen LogP contribution >= 0.6 is 11.3 Å². The van der Waals surface area contributed by atoms with E-state index in [1.165, 1.54) is 4.52 Å². The molecule has 0 aliphatic heterocycles. The monoisotopic (exact) mass is 549 g/mol. The highest BCUT2D eigenvalue weighted by Gasteiger charge is 2.16. The minimum Gasteiger partial charge on any atom is -0.493 e. The van der Waals surface area contributed by atoms with Crippen LogP contribution in [0.15, 0.2) is 94.6 Å². The molecule has 0 fully saturated rings. The van der Waals surface area contributed by atoms with Crippen LogP contribution < -0.4 is 25.1 Å². The lowest BCUT2D eigenvalue weighted by molar-refractivity contribution is 0.355. The molecule has 0 radical (unpaired) electrons. The summed E-state index contributed by atoms with van der Waals surface area (Å²) in [5.41, 5.74) is 3.32. The molecule has 40 heavy (non-hydrogen) atoms. The van der Waals surface area contributed by atoms with Crippen molar-refractivity contribution in [3.63, 3.8) is 0 Å². The Labute approximate surface area is 232 Å². The highest BCUT2D eigenvalue weighted by atomic mass is 32.1. The van der Waals surface area contributed by atoms with Crippen molar-refractivity contribution in [3.05, 3.63) is 127 Å². The fourth-order valence-electron chi connectivity index (χ4n) is 4.40. The van der Waals surface area contributed by atoms with Gasteiger partial charge in [0.1, 0.15) is 11.4 Å². The van der Waals surface area contributed by atoms with Gasteiger partial charge in [0.25, 0.3) is 11.1 Å². The zero-order valence-electron chi connectivity index (χ0n) is 21.6. The van der Waals surface area contributed by atoms with E-state index in [9.17, 15) is 9.59 Å². The first-order chi connectivity index (χ1) is 19.5. The number of hydrogen-bond donors (Lipinski definition) is 0. The molecule has 198 valence electrons. The van der Waals surface area contributed by atoms with Crippen molar-refractivity contribution in [1.82, 2.24) is 24.4 Å². The predicted octanol–water partition coefficient (Wildman–Crippen LogP) is 3.52. The van der Waals surface area contributed by atoms with E-state index in [1.54, 1.807) is 25.0 Å². The first-order valence-electron chi connectivity index (χ1n) is 12.4. The second kappa shape index (κ2) is 10.6. The van der Waals surface area contributed by atoms with Gasteiger partial charge in [-0.3, -0.25) is 9.59 Å². The third-order valence-electron chi connectivity index (χ3n) is 6.37. The molecular formula is C30H23N5O4S. The molecule has 0 amide bonds. The zero-order valence-corrected chi connectivity index (χ0v) is 22.5. The van der Waals surface area contributed by atoms with Gasteiger partial charge in [-0.2, -0.15) is 19.7 Å². The summed E-state index contributed by atoms with van der Waals surface area (Å²) in [6, 6.07) is 24.7. The number of hydrogen-bond acceptors (Lipinski definition) is 8. The molecule has 0 saturated heterocycles. The number of nitrogens with zero attached hydrogens (tertiary/aromatic N) is 5. The van der Waals surface area contributed by atoms with Gasteiger partial charge in [-0.05, 0) is 42.0 Å². The molecule has 0 aliphatic rings. The maximum absolute atomic E-state index is 13.4. The number of rotatable bonds is 7. The Kier molecular flexibility index (Phi) is 6.67. The fraction of sp³-hybridized carbons (Fsp3) is 0.100. The van der Waals surface area contributed by atoms with Crippen LogP contribution in [-0.2, 0) is 6.42 Å². The molecule has 6 aromatic rings. The van der Waals surface area contributed by atoms with Crippen molar-refractivity contribution in [2.24, 2.45) is 0 Å². The summed E-state index contributed by atoms with van der Waals surface area (Å²) in [4.78, 5) is 30.5. The topological polar surface area (TPSA) is 101 Å². The van der Waals surface area contributed by atoms with Crippen molar-refractivity contribution in [2.45, 2.75) is 6.42 Å². The lowest BCUT2D eigenvalue weighted by Crippen LogP contribution is -2.28. The van der Waals surface area contributed by atoms with Crippen molar-refractivity contribution in [2.75, 3.05) is 14.2 Å². The number of benzene rings is 3. The molecule has 3 aromatic heterocycles. The van der Waals surface area contributed by atoms with Gasteiger partial charge >= 0.3 is 0 Å². The van der Waals surface area contributed by atoms with Gasteiger partial charge < -0.3 is 9.47 Å². The van der Waals surface area contributed by atoms with Crippen LogP contribution in [0, 0.1) is 0 Å². The summed E-state index contributed by atoms with van der Waals surface area (Å²) in [6.07, 6.45) is 3.90. The third-order valence-corrected chi connectivity index (χ3v) is 7.33. The molecular weight excluding hydrogens is 526 g/mol. The van der Waals surface area contributed by atoms with Crippen LogP contribution in [-0.4, -0.2) is 38.6 Å². The standard InChI is InChI=1S/C30H23N5O4S/c1-38-24-14-13-20(16-25(24)39-2)27-21(18-34(33-27)22-11-7-4-8-12-22)17-26-29(37)35-30(40-26)31-28(36)23(32-35)15-19-9-5-3-6-10-19/h3-14,16-18H,15H2,1-2H3. The van der Waals surface area contributed by atoms with Gasteiger partial charge in [0.2, 0.25) is 4.96 Å². The Morgan fingerprint density at radius 2 is 1.60 bits per heavy atom. The molecule has 0 N–H and O–H groups in total. The van der Waals surface area contributed by atoms with Crippen LogP contribution in [0.2, 0.25) is 0 Å². The molecule has 0 atom stereocenters. The Balaban J connectivity index is 1.50. The molecule has 0 bridgehead atoms. The molecule has 3 heterocycles. The quantitative estimate of drug-likeness (QED) is 0.300. The molecule has 3 aromatic carbocycles. The van der Waals surface area contributed by atoms with E-state index in [0.717, 1.165) is 28.2 Å². The summed E-state index contributed by atoms with van der Waals surface area (Å²) < 4.78 is 14.2. The average Bonchev–Trinajstić information content (AvgIpc) is 3.54. The summed E-state index contributed by atoms with van der Waals surface area (Å²) in [5.74, 6) is 1.16. The second-order valence-corrected chi connectivity index (χ2v) is 9.93. The summed E-state index contributed by atoms with van der Waals surface area (Å²) in [7, 11) is 3.15. The minimum absolute atomic E-state index is 0.216. The molecule has 0 unspecified atom stereocenters. The fourth-order valence-corrected chi connectivity index (χ4v) is 5.29. The van der Waals surface area contributed by atoms with Crippen molar-refractivity contribution >= 4 is 22.4 Å². The Morgan fingerprint density at radius 1 is 0.875 bits per heavy atom. The van der Waals surface area contributed by atoms with E-state index in [0.29, 0.717) is 27.3 Å². The van der Waals surface area contributed by atoms with E-state index in [4.69, 9.17) is 14.6 Å². The predicted molar refractivity (Wildman–Crippen MR) is 154 cm³/mol. The highest BCUT2D eigenvalue weighted by molar-refractivity contribution is 7.15. The van der Waals surface area contributed by atoms with Crippen molar-refractivity contribution in [1.29, 1.82) is 0 Å². The van der Waals surface area contributed by atoms with Crippen molar-refractivity contribution < 1.29 is 9.47 Å². The van der Waals surface area contributed by atoms with Gasteiger partial charge in [-0.1, -0.05) is 59.9 Å². The highest BCUT2D eigenvalue weighted by Crippen LogP contribution is 2.33. The normalized spacial score (nSPS) is 11.7. The van der Waals surface area contributed by atoms with Gasteiger partial charge in [0, 0.05) is 23.7 Å². The first kappa shape index (κ1) is 25.2. The molecule has 10 heteroatoms. The van der Waals surface area contributed by atoms with Gasteiger partial charge in [0.05, 0.1) is 24.4 Å². The van der Waals surface area contributed by atoms with E-state index >= 15 is 0 Å². The number of ether oxygens (including phenoxy) is 2.